The Morgan fingerprint density at radius 3 is 2.63 bits per heavy atom. The minimum absolute atomic E-state index is 0.404. The maximum absolute atomic E-state index is 9.43. The van der Waals surface area contributed by atoms with Gasteiger partial charge in [0.05, 0.1) is 18.9 Å². The summed E-state index contributed by atoms with van der Waals surface area (Å²) in [6, 6.07) is 9.84. The van der Waals surface area contributed by atoms with Crippen molar-refractivity contribution in [2.75, 3.05) is 7.11 Å². The first kappa shape index (κ1) is 13.0. The Labute approximate surface area is 112 Å². The van der Waals surface area contributed by atoms with E-state index in [1.165, 1.54) is 0 Å². The Balaban J connectivity index is 2.51. The molecule has 0 fully saturated rings. The van der Waals surface area contributed by atoms with Crippen molar-refractivity contribution in [2.45, 2.75) is 19.8 Å². The molecule has 1 unspecified atom stereocenters. The molecule has 0 amide bonds. The molecule has 0 saturated carbocycles. The first-order chi connectivity index (χ1) is 9.17. The van der Waals surface area contributed by atoms with Crippen LogP contribution in [-0.2, 0) is 0 Å². The molecule has 0 saturated heterocycles. The lowest BCUT2D eigenvalue weighted by Gasteiger charge is -2.14. The number of methoxy groups -OCH3 is 1. The van der Waals surface area contributed by atoms with Gasteiger partial charge in [0.2, 0.25) is 0 Å². The minimum atomic E-state index is -0.404. The molecule has 0 spiro atoms. The highest BCUT2D eigenvalue weighted by Crippen LogP contribution is 2.30. The van der Waals surface area contributed by atoms with Crippen LogP contribution in [0.1, 0.15) is 28.3 Å². The van der Waals surface area contributed by atoms with Gasteiger partial charge < -0.3 is 4.74 Å². The summed E-state index contributed by atoms with van der Waals surface area (Å²) >= 11 is 0. The number of benzene rings is 1. The fourth-order valence-electron chi connectivity index (χ4n) is 2.11. The minimum Gasteiger partial charge on any atom is -0.496 e. The summed E-state index contributed by atoms with van der Waals surface area (Å²) in [5.74, 6) is 0.426. The predicted molar refractivity (Wildman–Crippen MR) is 72.0 cm³/mol. The highest BCUT2D eigenvalue weighted by molar-refractivity contribution is 5.47. The molecule has 0 aliphatic heterocycles. The van der Waals surface area contributed by atoms with E-state index in [1.54, 1.807) is 19.4 Å². The Morgan fingerprint density at radius 1 is 1.26 bits per heavy atom. The summed E-state index contributed by atoms with van der Waals surface area (Å²) in [5, 5.41) is 17.3. The van der Waals surface area contributed by atoms with E-state index in [1.807, 2.05) is 32.0 Å². The number of aryl methyl sites for hydroxylation is 2. The van der Waals surface area contributed by atoms with Crippen LogP contribution < -0.4 is 4.74 Å². The van der Waals surface area contributed by atoms with Crippen molar-refractivity contribution in [1.82, 2.24) is 10.2 Å². The van der Waals surface area contributed by atoms with E-state index in [2.05, 4.69) is 16.3 Å². The SMILES string of the molecule is COc1cc(C)c(C(C#N)c2cccnn2)cc1C. The highest BCUT2D eigenvalue weighted by atomic mass is 16.5. The van der Waals surface area contributed by atoms with Gasteiger partial charge in [0, 0.05) is 6.20 Å². The Hall–Kier alpha value is -2.41. The molecule has 2 aromatic rings. The monoisotopic (exact) mass is 253 g/mol. The van der Waals surface area contributed by atoms with Crippen LogP contribution in [0.3, 0.4) is 0 Å². The fraction of sp³-hybridized carbons (Fsp3) is 0.267. The fourth-order valence-corrected chi connectivity index (χ4v) is 2.11. The normalized spacial score (nSPS) is 11.7. The van der Waals surface area contributed by atoms with Crippen LogP contribution in [0, 0.1) is 25.2 Å². The molecule has 0 aliphatic rings. The van der Waals surface area contributed by atoms with Gasteiger partial charge in [-0.2, -0.15) is 15.5 Å². The molecule has 1 aromatic carbocycles. The molecule has 4 nitrogen and oxygen atoms in total. The first-order valence-corrected chi connectivity index (χ1v) is 5.99. The number of nitrogens with zero attached hydrogens (tertiary/aromatic N) is 3. The molecule has 1 aromatic heterocycles. The summed E-state index contributed by atoms with van der Waals surface area (Å²) in [4.78, 5) is 0. The van der Waals surface area contributed by atoms with Crippen LogP contribution in [0.2, 0.25) is 0 Å². The van der Waals surface area contributed by atoms with Crippen LogP contribution in [0.4, 0.5) is 0 Å². The van der Waals surface area contributed by atoms with Gasteiger partial charge in [-0.05, 0) is 48.7 Å². The Morgan fingerprint density at radius 2 is 2.05 bits per heavy atom. The number of aromatic nitrogens is 2. The molecular formula is C15H15N3O. The van der Waals surface area contributed by atoms with Crippen LogP contribution in [-0.4, -0.2) is 17.3 Å². The van der Waals surface area contributed by atoms with E-state index in [0.29, 0.717) is 5.69 Å². The predicted octanol–water partition coefficient (Wildman–Crippen LogP) is 2.76. The van der Waals surface area contributed by atoms with Gasteiger partial charge in [-0.15, -0.1) is 0 Å². The topological polar surface area (TPSA) is 58.8 Å². The molecule has 4 heteroatoms. The average molecular weight is 253 g/mol. The highest BCUT2D eigenvalue weighted by Gasteiger charge is 2.18. The molecule has 2 rings (SSSR count). The van der Waals surface area contributed by atoms with Crippen molar-refractivity contribution in [2.24, 2.45) is 0 Å². The zero-order valence-electron chi connectivity index (χ0n) is 11.2. The Kier molecular flexibility index (Phi) is 3.76. The average Bonchev–Trinajstić information content (AvgIpc) is 2.44. The third-order valence-corrected chi connectivity index (χ3v) is 3.11. The van der Waals surface area contributed by atoms with E-state index in [-0.39, 0.29) is 0 Å². The molecule has 1 atom stereocenters. The number of hydrogen-bond donors (Lipinski definition) is 0. The van der Waals surface area contributed by atoms with Crippen LogP contribution in [0.5, 0.6) is 5.75 Å². The lowest BCUT2D eigenvalue weighted by Crippen LogP contribution is -2.05. The van der Waals surface area contributed by atoms with Gasteiger partial charge in [-0.3, -0.25) is 0 Å². The van der Waals surface area contributed by atoms with Gasteiger partial charge in [0.25, 0.3) is 0 Å². The molecule has 96 valence electrons. The van der Waals surface area contributed by atoms with Crippen molar-refractivity contribution in [3.05, 3.63) is 52.8 Å². The smallest absolute Gasteiger partial charge is 0.122 e. The maximum Gasteiger partial charge on any atom is 0.122 e. The Bertz CT molecular complexity index is 617. The summed E-state index contributed by atoms with van der Waals surface area (Å²) in [7, 11) is 1.64. The lowest BCUT2D eigenvalue weighted by atomic mass is 9.91. The maximum atomic E-state index is 9.43. The van der Waals surface area contributed by atoms with Crippen molar-refractivity contribution in [1.29, 1.82) is 5.26 Å². The van der Waals surface area contributed by atoms with Crippen molar-refractivity contribution in [3.63, 3.8) is 0 Å². The molecular weight excluding hydrogens is 238 g/mol. The second kappa shape index (κ2) is 5.49. The van der Waals surface area contributed by atoms with Crippen LogP contribution >= 0.6 is 0 Å². The number of nitriles is 1. The van der Waals surface area contributed by atoms with E-state index in [0.717, 1.165) is 22.4 Å². The van der Waals surface area contributed by atoms with Gasteiger partial charge >= 0.3 is 0 Å². The molecule has 0 aliphatic carbocycles. The van der Waals surface area contributed by atoms with E-state index in [4.69, 9.17) is 4.74 Å². The van der Waals surface area contributed by atoms with Crippen molar-refractivity contribution >= 4 is 0 Å². The number of hydrogen-bond acceptors (Lipinski definition) is 4. The van der Waals surface area contributed by atoms with Crippen molar-refractivity contribution < 1.29 is 4.74 Å². The van der Waals surface area contributed by atoms with Gasteiger partial charge in [0.1, 0.15) is 11.7 Å². The summed E-state index contributed by atoms with van der Waals surface area (Å²) in [5.41, 5.74) is 3.63. The zero-order valence-corrected chi connectivity index (χ0v) is 11.2. The second-order valence-electron chi connectivity index (χ2n) is 4.39. The van der Waals surface area contributed by atoms with E-state index < -0.39 is 5.92 Å². The molecule has 19 heavy (non-hydrogen) atoms. The first-order valence-electron chi connectivity index (χ1n) is 5.99. The van der Waals surface area contributed by atoms with Gasteiger partial charge in [-0.1, -0.05) is 6.07 Å². The zero-order chi connectivity index (χ0) is 13.8. The summed E-state index contributed by atoms with van der Waals surface area (Å²) < 4.78 is 5.29. The standard InChI is InChI=1S/C15H15N3O/c1-10-8-15(19-3)11(2)7-12(10)13(9-16)14-5-4-6-17-18-14/h4-8,13H,1-3H3. The van der Waals surface area contributed by atoms with E-state index >= 15 is 0 Å². The third kappa shape index (κ3) is 2.55. The summed E-state index contributed by atoms with van der Waals surface area (Å²) in [6.07, 6.45) is 1.60. The van der Waals surface area contributed by atoms with E-state index in [9.17, 15) is 5.26 Å². The molecule has 0 bridgehead atoms. The van der Waals surface area contributed by atoms with Gasteiger partial charge in [0.15, 0.2) is 0 Å². The third-order valence-electron chi connectivity index (χ3n) is 3.11. The quantitative estimate of drug-likeness (QED) is 0.844. The second-order valence-corrected chi connectivity index (χ2v) is 4.39. The van der Waals surface area contributed by atoms with Crippen molar-refractivity contribution in [3.8, 4) is 11.8 Å². The number of ether oxygens (including phenoxy) is 1. The summed E-state index contributed by atoms with van der Waals surface area (Å²) in [6.45, 7) is 3.94. The largest absolute Gasteiger partial charge is 0.496 e. The molecule has 0 radical (unpaired) electrons. The van der Waals surface area contributed by atoms with Crippen LogP contribution in [0.15, 0.2) is 30.5 Å². The molecule has 0 N–H and O–H groups in total. The number of rotatable bonds is 3. The van der Waals surface area contributed by atoms with Gasteiger partial charge in [-0.25, -0.2) is 0 Å². The molecule has 1 heterocycles. The van der Waals surface area contributed by atoms with Crippen LogP contribution in [0.25, 0.3) is 0 Å². The lowest BCUT2D eigenvalue weighted by molar-refractivity contribution is 0.411.